The number of nitrogens with zero attached hydrogens (tertiary/aromatic N) is 2. The van der Waals surface area contributed by atoms with Crippen molar-refractivity contribution < 1.29 is 4.52 Å². The molecule has 2 N–H and O–H groups in total. The molecule has 1 heterocycles. The Kier molecular flexibility index (Phi) is 4.16. The molecule has 17 heavy (non-hydrogen) atoms. The lowest BCUT2D eigenvalue weighted by Gasteiger charge is -2.00. The van der Waals surface area contributed by atoms with Gasteiger partial charge in [-0.15, -0.1) is 0 Å². The highest BCUT2D eigenvalue weighted by atomic mass is 127. The summed E-state index contributed by atoms with van der Waals surface area (Å²) >= 11 is 5.67. The zero-order valence-electron chi connectivity index (χ0n) is 9.15. The summed E-state index contributed by atoms with van der Waals surface area (Å²) < 4.78 is 7.32. The highest BCUT2D eigenvalue weighted by Gasteiger charge is 2.15. The summed E-state index contributed by atoms with van der Waals surface area (Å²) in [4.78, 5) is 4.37. The van der Waals surface area contributed by atoms with Crippen molar-refractivity contribution in [2.45, 2.75) is 12.8 Å². The van der Waals surface area contributed by atoms with Gasteiger partial charge in [-0.1, -0.05) is 28.0 Å². The topological polar surface area (TPSA) is 64.9 Å². The van der Waals surface area contributed by atoms with Crippen molar-refractivity contribution in [2.75, 3.05) is 6.54 Å². The number of nitrogens with two attached hydrogens (primary N) is 1. The van der Waals surface area contributed by atoms with Crippen LogP contribution in [0.25, 0.3) is 11.5 Å². The molecule has 0 aliphatic carbocycles. The predicted molar refractivity (Wildman–Crippen MR) is 77.6 cm³/mol. The summed E-state index contributed by atoms with van der Waals surface area (Å²) in [6.45, 7) is 2.48. The van der Waals surface area contributed by atoms with Gasteiger partial charge in [0.2, 0.25) is 0 Å². The summed E-state index contributed by atoms with van der Waals surface area (Å²) in [5.74, 6) is 1.29. The van der Waals surface area contributed by atoms with E-state index >= 15 is 0 Å². The van der Waals surface area contributed by atoms with Gasteiger partial charge in [0.1, 0.15) is 0 Å². The van der Waals surface area contributed by atoms with Gasteiger partial charge in [0, 0.05) is 20.5 Å². The summed E-state index contributed by atoms with van der Waals surface area (Å²) in [5, 5.41) is 3.95. The second-order valence-electron chi connectivity index (χ2n) is 3.72. The molecule has 90 valence electrons. The Morgan fingerprint density at radius 2 is 2.29 bits per heavy atom. The molecule has 0 bridgehead atoms. The average molecular weight is 408 g/mol. The van der Waals surface area contributed by atoms with Crippen LogP contribution in [0.3, 0.4) is 0 Å². The summed E-state index contributed by atoms with van der Waals surface area (Å²) in [5.41, 5.74) is 6.51. The quantitative estimate of drug-likeness (QED) is 0.793. The Hall–Kier alpha value is -0.470. The van der Waals surface area contributed by atoms with Crippen LogP contribution in [0.1, 0.15) is 18.7 Å². The monoisotopic (exact) mass is 407 g/mol. The highest BCUT2D eigenvalue weighted by Crippen LogP contribution is 2.27. The standard InChI is InChI=1S/C11H11BrIN3O/c1-6(5-14)10-15-11(17-16-10)8-4-7(12)2-3-9(8)13/h2-4,6H,5,14H2,1H3. The third kappa shape index (κ3) is 2.86. The predicted octanol–water partition coefficient (Wildman–Crippen LogP) is 3.17. The van der Waals surface area contributed by atoms with Gasteiger partial charge in [0.15, 0.2) is 5.82 Å². The van der Waals surface area contributed by atoms with E-state index in [1.54, 1.807) is 0 Å². The minimum absolute atomic E-state index is 0.109. The molecule has 0 fully saturated rings. The van der Waals surface area contributed by atoms with Gasteiger partial charge in [0.25, 0.3) is 5.89 Å². The molecule has 1 aromatic carbocycles. The lowest BCUT2D eigenvalue weighted by atomic mass is 10.2. The van der Waals surface area contributed by atoms with E-state index in [9.17, 15) is 0 Å². The van der Waals surface area contributed by atoms with Crippen molar-refractivity contribution >= 4 is 38.5 Å². The molecule has 0 aliphatic heterocycles. The fourth-order valence-corrected chi connectivity index (χ4v) is 2.24. The van der Waals surface area contributed by atoms with Crippen molar-refractivity contribution in [1.82, 2.24) is 10.1 Å². The van der Waals surface area contributed by atoms with Crippen molar-refractivity contribution in [3.63, 3.8) is 0 Å². The van der Waals surface area contributed by atoms with Crippen LogP contribution in [0, 0.1) is 3.57 Å². The van der Waals surface area contributed by atoms with Gasteiger partial charge in [-0.2, -0.15) is 4.98 Å². The zero-order valence-corrected chi connectivity index (χ0v) is 12.9. The zero-order chi connectivity index (χ0) is 12.4. The Bertz CT molecular complexity index is 529. The molecule has 1 atom stereocenters. The fourth-order valence-electron chi connectivity index (χ4n) is 1.31. The Morgan fingerprint density at radius 1 is 1.53 bits per heavy atom. The van der Waals surface area contributed by atoms with Gasteiger partial charge in [-0.05, 0) is 40.8 Å². The maximum atomic E-state index is 5.58. The van der Waals surface area contributed by atoms with Gasteiger partial charge in [-0.25, -0.2) is 0 Å². The summed E-state index contributed by atoms with van der Waals surface area (Å²) in [7, 11) is 0. The van der Waals surface area contributed by atoms with Crippen LogP contribution in [-0.4, -0.2) is 16.7 Å². The van der Waals surface area contributed by atoms with Crippen LogP contribution >= 0.6 is 38.5 Å². The van der Waals surface area contributed by atoms with E-state index in [0.717, 1.165) is 13.6 Å². The van der Waals surface area contributed by atoms with Gasteiger partial charge in [0.05, 0.1) is 5.56 Å². The largest absolute Gasteiger partial charge is 0.334 e. The van der Waals surface area contributed by atoms with E-state index in [0.29, 0.717) is 18.3 Å². The highest BCUT2D eigenvalue weighted by molar-refractivity contribution is 14.1. The fraction of sp³-hybridized carbons (Fsp3) is 0.273. The minimum Gasteiger partial charge on any atom is -0.334 e. The first kappa shape index (κ1) is 13.0. The number of hydrogen-bond donors (Lipinski definition) is 1. The molecule has 2 aromatic rings. The SMILES string of the molecule is CC(CN)c1noc(-c2cc(Br)ccc2I)n1. The van der Waals surface area contributed by atoms with Crippen LogP contribution in [0.4, 0.5) is 0 Å². The van der Waals surface area contributed by atoms with Crippen LogP contribution in [-0.2, 0) is 0 Å². The molecule has 0 spiro atoms. The number of hydrogen-bond acceptors (Lipinski definition) is 4. The summed E-state index contributed by atoms with van der Waals surface area (Å²) in [6, 6.07) is 5.94. The average Bonchev–Trinajstić information content (AvgIpc) is 2.80. The van der Waals surface area contributed by atoms with Crippen molar-refractivity contribution in [3.05, 3.63) is 32.1 Å². The van der Waals surface area contributed by atoms with Crippen molar-refractivity contribution in [1.29, 1.82) is 0 Å². The number of aromatic nitrogens is 2. The normalized spacial score (nSPS) is 12.7. The van der Waals surface area contributed by atoms with Gasteiger partial charge < -0.3 is 10.3 Å². The first-order valence-corrected chi connectivity index (χ1v) is 6.98. The molecule has 0 aliphatic rings. The molecule has 6 heteroatoms. The minimum atomic E-state index is 0.109. The van der Waals surface area contributed by atoms with E-state index in [1.165, 1.54) is 0 Å². The number of rotatable bonds is 3. The molecular weight excluding hydrogens is 397 g/mol. The maximum absolute atomic E-state index is 5.58. The molecule has 0 saturated carbocycles. The number of halogens is 2. The lowest BCUT2D eigenvalue weighted by Crippen LogP contribution is -2.10. The maximum Gasteiger partial charge on any atom is 0.259 e. The van der Waals surface area contributed by atoms with E-state index in [-0.39, 0.29) is 5.92 Å². The van der Waals surface area contributed by atoms with Crippen LogP contribution in [0.5, 0.6) is 0 Å². The van der Waals surface area contributed by atoms with Gasteiger partial charge >= 0.3 is 0 Å². The van der Waals surface area contributed by atoms with Crippen LogP contribution < -0.4 is 5.73 Å². The molecule has 0 amide bonds. The Morgan fingerprint density at radius 3 is 3.00 bits per heavy atom. The molecule has 1 aromatic heterocycles. The van der Waals surface area contributed by atoms with Gasteiger partial charge in [-0.3, -0.25) is 0 Å². The van der Waals surface area contributed by atoms with E-state index < -0.39 is 0 Å². The molecule has 4 nitrogen and oxygen atoms in total. The first-order chi connectivity index (χ1) is 8.11. The van der Waals surface area contributed by atoms with E-state index in [2.05, 4.69) is 48.7 Å². The van der Waals surface area contributed by atoms with Crippen molar-refractivity contribution in [2.24, 2.45) is 5.73 Å². The molecule has 1 unspecified atom stereocenters. The molecular formula is C11H11BrIN3O. The van der Waals surface area contributed by atoms with Crippen molar-refractivity contribution in [3.8, 4) is 11.5 Å². The van der Waals surface area contributed by atoms with Crippen LogP contribution in [0.2, 0.25) is 0 Å². The second kappa shape index (κ2) is 5.45. The Labute approximate surface area is 121 Å². The molecule has 0 saturated heterocycles. The third-order valence-electron chi connectivity index (χ3n) is 2.39. The van der Waals surface area contributed by atoms with E-state index in [4.69, 9.17) is 10.3 Å². The smallest absolute Gasteiger partial charge is 0.259 e. The number of benzene rings is 1. The van der Waals surface area contributed by atoms with Crippen LogP contribution in [0.15, 0.2) is 27.2 Å². The summed E-state index contributed by atoms with van der Waals surface area (Å²) in [6.07, 6.45) is 0. The molecule has 0 radical (unpaired) electrons. The molecule has 2 rings (SSSR count). The second-order valence-corrected chi connectivity index (χ2v) is 5.80. The third-order valence-corrected chi connectivity index (χ3v) is 3.83. The van der Waals surface area contributed by atoms with E-state index in [1.807, 2.05) is 25.1 Å². The lowest BCUT2D eigenvalue weighted by molar-refractivity contribution is 0.417. The Balaban J connectivity index is 2.40. The first-order valence-electron chi connectivity index (χ1n) is 5.11.